The number of nitrogens with one attached hydrogen (secondary N) is 1. The SMILES string of the molecule is NC1CC(NC(=O)Cc2cccc(F)c2F)C1. The van der Waals surface area contributed by atoms with Gasteiger partial charge in [-0.25, -0.2) is 8.78 Å². The van der Waals surface area contributed by atoms with Crippen molar-refractivity contribution in [1.29, 1.82) is 0 Å². The Morgan fingerprint density at radius 3 is 2.76 bits per heavy atom. The molecule has 1 aliphatic carbocycles. The van der Waals surface area contributed by atoms with E-state index in [2.05, 4.69) is 5.32 Å². The van der Waals surface area contributed by atoms with Gasteiger partial charge in [0.05, 0.1) is 6.42 Å². The Morgan fingerprint density at radius 1 is 1.41 bits per heavy atom. The average molecular weight is 240 g/mol. The standard InChI is InChI=1S/C12H14F2N2O/c13-10-3-1-2-7(12(10)14)4-11(17)16-9-5-8(15)6-9/h1-3,8-9H,4-6,15H2,(H,16,17). The molecule has 3 nitrogen and oxygen atoms in total. The molecule has 0 saturated heterocycles. The molecular weight excluding hydrogens is 226 g/mol. The number of hydrogen-bond acceptors (Lipinski definition) is 2. The van der Waals surface area contributed by atoms with E-state index in [1.54, 1.807) is 0 Å². The fraction of sp³-hybridized carbons (Fsp3) is 0.417. The first-order valence-electron chi connectivity index (χ1n) is 5.54. The summed E-state index contributed by atoms with van der Waals surface area (Å²) in [4.78, 5) is 11.5. The maximum atomic E-state index is 13.3. The minimum absolute atomic E-state index is 0.0751. The van der Waals surface area contributed by atoms with Gasteiger partial charge in [-0.1, -0.05) is 12.1 Å². The molecule has 92 valence electrons. The maximum absolute atomic E-state index is 13.3. The molecule has 17 heavy (non-hydrogen) atoms. The summed E-state index contributed by atoms with van der Waals surface area (Å²) >= 11 is 0. The lowest BCUT2D eigenvalue weighted by atomic mass is 9.87. The van der Waals surface area contributed by atoms with Crippen LogP contribution in [0.3, 0.4) is 0 Å². The molecule has 0 bridgehead atoms. The van der Waals surface area contributed by atoms with Crippen molar-refractivity contribution in [2.45, 2.75) is 31.3 Å². The molecule has 5 heteroatoms. The van der Waals surface area contributed by atoms with Crippen LogP contribution >= 0.6 is 0 Å². The van der Waals surface area contributed by atoms with E-state index >= 15 is 0 Å². The van der Waals surface area contributed by atoms with E-state index in [1.165, 1.54) is 12.1 Å². The molecule has 0 unspecified atom stereocenters. The smallest absolute Gasteiger partial charge is 0.224 e. The van der Waals surface area contributed by atoms with E-state index in [-0.39, 0.29) is 30.0 Å². The summed E-state index contributed by atoms with van der Waals surface area (Å²) in [5, 5.41) is 2.73. The van der Waals surface area contributed by atoms with Gasteiger partial charge in [0.25, 0.3) is 0 Å². The van der Waals surface area contributed by atoms with Crippen LogP contribution in [0.1, 0.15) is 18.4 Å². The Morgan fingerprint density at radius 2 is 2.12 bits per heavy atom. The molecule has 0 atom stereocenters. The van der Waals surface area contributed by atoms with Crippen molar-refractivity contribution in [3.8, 4) is 0 Å². The highest BCUT2D eigenvalue weighted by molar-refractivity contribution is 5.79. The van der Waals surface area contributed by atoms with Crippen molar-refractivity contribution in [2.24, 2.45) is 5.73 Å². The van der Waals surface area contributed by atoms with Gasteiger partial charge >= 0.3 is 0 Å². The van der Waals surface area contributed by atoms with Crippen LogP contribution in [0.2, 0.25) is 0 Å². The number of nitrogens with two attached hydrogens (primary N) is 1. The highest BCUT2D eigenvalue weighted by Crippen LogP contribution is 2.18. The Balaban J connectivity index is 1.92. The predicted molar refractivity (Wildman–Crippen MR) is 59.2 cm³/mol. The molecule has 1 aliphatic rings. The van der Waals surface area contributed by atoms with Crippen LogP contribution in [0.25, 0.3) is 0 Å². The summed E-state index contributed by atoms with van der Waals surface area (Å²) in [6.07, 6.45) is 1.35. The molecule has 1 aromatic carbocycles. The van der Waals surface area contributed by atoms with Crippen LogP contribution in [0, 0.1) is 11.6 Å². The third-order valence-corrected chi connectivity index (χ3v) is 2.92. The molecule has 1 saturated carbocycles. The first-order valence-corrected chi connectivity index (χ1v) is 5.54. The second kappa shape index (κ2) is 4.79. The zero-order chi connectivity index (χ0) is 12.4. The number of carbonyl (C=O) groups excluding carboxylic acids is 1. The molecule has 1 aromatic rings. The number of amides is 1. The van der Waals surface area contributed by atoms with Gasteiger partial charge in [0.15, 0.2) is 11.6 Å². The Labute approximate surface area is 98.0 Å². The van der Waals surface area contributed by atoms with Gasteiger partial charge in [0.2, 0.25) is 5.91 Å². The van der Waals surface area contributed by atoms with Gasteiger partial charge < -0.3 is 11.1 Å². The van der Waals surface area contributed by atoms with E-state index in [0.29, 0.717) is 0 Å². The largest absolute Gasteiger partial charge is 0.353 e. The fourth-order valence-electron chi connectivity index (χ4n) is 1.92. The highest BCUT2D eigenvalue weighted by atomic mass is 19.2. The van der Waals surface area contributed by atoms with Gasteiger partial charge in [-0.2, -0.15) is 0 Å². The summed E-state index contributed by atoms with van der Waals surface area (Å²) in [6.45, 7) is 0. The van der Waals surface area contributed by atoms with Gasteiger partial charge in [0, 0.05) is 17.6 Å². The summed E-state index contributed by atoms with van der Waals surface area (Å²) in [5.74, 6) is -2.18. The topological polar surface area (TPSA) is 55.1 Å². The lowest BCUT2D eigenvalue weighted by Crippen LogP contribution is -2.50. The normalized spacial score (nSPS) is 23.0. The summed E-state index contributed by atoms with van der Waals surface area (Å²) in [7, 11) is 0. The van der Waals surface area contributed by atoms with E-state index in [9.17, 15) is 13.6 Å². The first kappa shape index (κ1) is 12.0. The van der Waals surface area contributed by atoms with Crippen molar-refractivity contribution in [1.82, 2.24) is 5.32 Å². The van der Waals surface area contributed by atoms with E-state index < -0.39 is 11.6 Å². The molecule has 1 amide bonds. The maximum Gasteiger partial charge on any atom is 0.224 e. The molecule has 1 fully saturated rings. The van der Waals surface area contributed by atoms with Crippen molar-refractivity contribution in [3.63, 3.8) is 0 Å². The molecule has 3 N–H and O–H groups in total. The summed E-state index contributed by atoms with van der Waals surface area (Å²) < 4.78 is 26.2. The van der Waals surface area contributed by atoms with Crippen molar-refractivity contribution in [3.05, 3.63) is 35.4 Å². The third kappa shape index (κ3) is 2.79. The van der Waals surface area contributed by atoms with Gasteiger partial charge in [0.1, 0.15) is 0 Å². The van der Waals surface area contributed by atoms with E-state index in [4.69, 9.17) is 5.73 Å². The number of hydrogen-bond donors (Lipinski definition) is 2. The van der Waals surface area contributed by atoms with Crippen molar-refractivity contribution >= 4 is 5.91 Å². The van der Waals surface area contributed by atoms with E-state index in [0.717, 1.165) is 18.9 Å². The molecule has 0 heterocycles. The second-order valence-electron chi connectivity index (χ2n) is 4.39. The van der Waals surface area contributed by atoms with Gasteiger partial charge in [-0.3, -0.25) is 4.79 Å². The number of benzene rings is 1. The predicted octanol–water partition coefficient (Wildman–Crippen LogP) is 1.11. The van der Waals surface area contributed by atoms with E-state index in [1.807, 2.05) is 0 Å². The second-order valence-corrected chi connectivity index (χ2v) is 4.39. The monoisotopic (exact) mass is 240 g/mol. The first-order chi connectivity index (χ1) is 8.06. The molecule has 0 spiro atoms. The lowest BCUT2D eigenvalue weighted by Gasteiger charge is -2.32. The Bertz CT molecular complexity index is 431. The summed E-state index contributed by atoms with van der Waals surface area (Å²) in [6, 6.07) is 4.05. The number of carbonyl (C=O) groups is 1. The zero-order valence-electron chi connectivity index (χ0n) is 9.25. The molecule has 0 radical (unpaired) electrons. The van der Waals surface area contributed by atoms with Crippen LogP contribution in [0.15, 0.2) is 18.2 Å². The molecule has 0 aromatic heterocycles. The minimum atomic E-state index is -0.951. The van der Waals surface area contributed by atoms with Crippen LogP contribution in [0.5, 0.6) is 0 Å². The van der Waals surface area contributed by atoms with Crippen LogP contribution in [-0.4, -0.2) is 18.0 Å². The quantitative estimate of drug-likeness (QED) is 0.831. The molecular formula is C12H14F2N2O. The Kier molecular flexibility index (Phi) is 3.38. The van der Waals surface area contributed by atoms with Gasteiger partial charge in [-0.15, -0.1) is 0 Å². The minimum Gasteiger partial charge on any atom is -0.353 e. The average Bonchev–Trinajstić information content (AvgIpc) is 2.23. The zero-order valence-corrected chi connectivity index (χ0v) is 9.25. The number of halogens is 2. The van der Waals surface area contributed by atoms with Crippen LogP contribution in [0.4, 0.5) is 8.78 Å². The molecule has 2 rings (SSSR count). The Hall–Kier alpha value is -1.49. The number of rotatable bonds is 3. The van der Waals surface area contributed by atoms with Gasteiger partial charge in [-0.05, 0) is 18.9 Å². The highest BCUT2D eigenvalue weighted by Gasteiger charge is 2.27. The lowest BCUT2D eigenvalue weighted by molar-refractivity contribution is -0.121. The van der Waals surface area contributed by atoms with Crippen LogP contribution < -0.4 is 11.1 Å². The van der Waals surface area contributed by atoms with Crippen molar-refractivity contribution in [2.75, 3.05) is 0 Å². The molecule has 0 aliphatic heterocycles. The van der Waals surface area contributed by atoms with Crippen molar-refractivity contribution < 1.29 is 13.6 Å². The van der Waals surface area contributed by atoms with Crippen LogP contribution in [-0.2, 0) is 11.2 Å². The third-order valence-electron chi connectivity index (χ3n) is 2.92. The summed E-state index contributed by atoms with van der Waals surface area (Å²) in [5.41, 5.74) is 5.66. The fourth-order valence-corrected chi connectivity index (χ4v) is 1.92.